The summed E-state index contributed by atoms with van der Waals surface area (Å²) in [6.45, 7) is 3.36. The SMILES string of the molecule is CC(=O)Nc1ccc(C)cc1NC(=O)/C=C/c1cccc(-c2ccccc2)c1. The fourth-order valence-electron chi connectivity index (χ4n) is 2.86. The molecule has 2 N–H and O–H groups in total. The Bertz CT molecular complexity index is 1020. The lowest BCUT2D eigenvalue weighted by Gasteiger charge is -2.11. The van der Waals surface area contributed by atoms with Crippen LogP contribution >= 0.6 is 0 Å². The predicted octanol–water partition coefficient (Wildman–Crippen LogP) is 5.27. The summed E-state index contributed by atoms with van der Waals surface area (Å²) < 4.78 is 0. The van der Waals surface area contributed by atoms with Crippen molar-refractivity contribution in [2.75, 3.05) is 10.6 Å². The smallest absolute Gasteiger partial charge is 0.248 e. The molecule has 0 aliphatic heterocycles. The molecule has 0 unspecified atom stereocenters. The molecule has 0 radical (unpaired) electrons. The summed E-state index contributed by atoms with van der Waals surface area (Å²) in [6.07, 6.45) is 3.26. The van der Waals surface area contributed by atoms with Crippen molar-refractivity contribution in [2.45, 2.75) is 13.8 Å². The maximum atomic E-state index is 12.4. The van der Waals surface area contributed by atoms with E-state index in [0.717, 1.165) is 22.3 Å². The molecule has 28 heavy (non-hydrogen) atoms. The standard InChI is InChI=1S/C24H22N2O2/c1-17-11-13-22(25-18(2)27)23(15-17)26-24(28)14-12-19-7-6-10-21(16-19)20-8-4-3-5-9-20/h3-16H,1-2H3,(H,25,27)(H,26,28)/b14-12+. The minimum absolute atomic E-state index is 0.187. The first kappa shape index (κ1) is 19.1. The molecule has 0 aromatic heterocycles. The molecule has 3 aromatic rings. The predicted molar refractivity (Wildman–Crippen MR) is 115 cm³/mol. The molecular weight excluding hydrogens is 348 g/mol. The molecule has 0 fully saturated rings. The maximum Gasteiger partial charge on any atom is 0.248 e. The Morgan fingerprint density at radius 3 is 2.29 bits per heavy atom. The van der Waals surface area contributed by atoms with Gasteiger partial charge in [-0.3, -0.25) is 9.59 Å². The second kappa shape index (κ2) is 8.82. The van der Waals surface area contributed by atoms with E-state index < -0.39 is 0 Å². The third-order valence-corrected chi connectivity index (χ3v) is 4.16. The van der Waals surface area contributed by atoms with Gasteiger partial charge in [-0.2, -0.15) is 0 Å². The van der Waals surface area contributed by atoms with Crippen LogP contribution in [0.4, 0.5) is 11.4 Å². The molecule has 140 valence electrons. The van der Waals surface area contributed by atoms with Gasteiger partial charge in [0.15, 0.2) is 0 Å². The van der Waals surface area contributed by atoms with Crippen LogP contribution in [-0.2, 0) is 9.59 Å². The molecule has 0 spiro atoms. The normalized spacial score (nSPS) is 10.6. The van der Waals surface area contributed by atoms with Gasteiger partial charge in [-0.1, -0.05) is 54.6 Å². The summed E-state index contributed by atoms with van der Waals surface area (Å²) in [5.74, 6) is -0.449. The largest absolute Gasteiger partial charge is 0.325 e. The van der Waals surface area contributed by atoms with E-state index in [4.69, 9.17) is 0 Å². The number of hydrogen-bond acceptors (Lipinski definition) is 2. The average Bonchev–Trinajstić information content (AvgIpc) is 2.69. The Kier molecular flexibility index (Phi) is 6.02. The van der Waals surface area contributed by atoms with E-state index >= 15 is 0 Å². The highest BCUT2D eigenvalue weighted by Gasteiger charge is 2.07. The minimum Gasteiger partial charge on any atom is -0.325 e. The van der Waals surface area contributed by atoms with Gasteiger partial charge in [0.2, 0.25) is 11.8 Å². The Labute approximate surface area is 164 Å². The number of carbonyl (C=O) groups is 2. The van der Waals surface area contributed by atoms with Crippen molar-refractivity contribution < 1.29 is 9.59 Å². The summed E-state index contributed by atoms with van der Waals surface area (Å²) in [5.41, 5.74) is 5.29. The van der Waals surface area contributed by atoms with Crippen LogP contribution < -0.4 is 10.6 Å². The molecule has 4 nitrogen and oxygen atoms in total. The fraction of sp³-hybridized carbons (Fsp3) is 0.0833. The van der Waals surface area contributed by atoms with Crippen molar-refractivity contribution in [1.29, 1.82) is 0 Å². The number of anilines is 2. The van der Waals surface area contributed by atoms with Crippen LogP contribution in [-0.4, -0.2) is 11.8 Å². The van der Waals surface area contributed by atoms with Crippen molar-refractivity contribution >= 4 is 29.3 Å². The number of hydrogen-bond donors (Lipinski definition) is 2. The second-order valence-electron chi connectivity index (χ2n) is 6.54. The molecule has 0 aliphatic rings. The van der Waals surface area contributed by atoms with E-state index in [1.165, 1.54) is 13.0 Å². The van der Waals surface area contributed by atoms with Gasteiger partial charge in [-0.25, -0.2) is 0 Å². The van der Waals surface area contributed by atoms with E-state index in [1.54, 1.807) is 12.1 Å². The van der Waals surface area contributed by atoms with Crippen LogP contribution in [0.1, 0.15) is 18.1 Å². The Balaban J connectivity index is 1.75. The Morgan fingerprint density at radius 2 is 1.54 bits per heavy atom. The highest BCUT2D eigenvalue weighted by atomic mass is 16.2. The summed E-state index contributed by atoms with van der Waals surface area (Å²) in [4.78, 5) is 23.7. The molecule has 3 aromatic carbocycles. The van der Waals surface area contributed by atoms with E-state index in [9.17, 15) is 9.59 Å². The lowest BCUT2D eigenvalue weighted by molar-refractivity contribution is -0.114. The summed E-state index contributed by atoms with van der Waals surface area (Å²) in [6, 6.07) is 23.6. The minimum atomic E-state index is -0.262. The molecule has 3 rings (SSSR count). The van der Waals surface area contributed by atoms with Gasteiger partial charge in [-0.15, -0.1) is 0 Å². The van der Waals surface area contributed by atoms with Crippen LogP contribution in [0.15, 0.2) is 78.9 Å². The number of rotatable bonds is 5. The van der Waals surface area contributed by atoms with E-state index in [0.29, 0.717) is 11.4 Å². The van der Waals surface area contributed by atoms with Gasteiger partial charge in [0.05, 0.1) is 11.4 Å². The quantitative estimate of drug-likeness (QED) is 0.601. The highest BCUT2D eigenvalue weighted by molar-refractivity contribution is 6.05. The molecule has 0 saturated heterocycles. The number of carbonyl (C=O) groups excluding carboxylic acids is 2. The molecular formula is C24H22N2O2. The van der Waals surface area contributed by atoms with E-state index in [2.05, 4.69) is 22.8 Å². The van der Waals surface area contributed by atoms with Crippen molar-refractivity contribution in [3.8, 4) is 11.1 Å². The summed E-state index contributed by atoms with van der Waals surface area (Å²) in [5, 5.41) is 5.56. The highest BCUT2D eigenvalue weighted by Crippen LogP contribution is 2.24. The van der Waals surface area contributed by atoms with E-state index in [-0.39, 0.29) is 11.8 Å². The molecule has 0 saturated carbocycles. The lowest BCUT2D eigenvalue weighted by atomic mass is 10.0. The van der Waals surface area contributed by atoms with Crippen molar-refractivity contribution in [3.63, 3.8) is 0 Å². The number of amides is 2. The van der Waals surface area contributed by atoms with Crippen LogP contribution in [0.2, 0.25) is 0 Å². The first-order valence-electron chi connectivity index (χ1n) is 9.04. The second-order valence-corrected chi connectivity index (χ2v) is 6.54. The zero-order valence-corrected chi connectivity index (χ0v) is 15.9. The third kappa shape index (κ3) is 5.17. The van der Waals surface area contributed by atoms with Gasteiger partial charge < -0.3 is 10.6 Å². The van der Waals surface area contributed by atoms with Gasteiger partial charge >= 0.3 is 0 Å². The average molecular weight is 370 g/mol. The number of nitrogens with one attached hydrogen (secondary N) is 2. The van der Waals surface area contributed by atoms with Crippen molar-refractivity contribution in [2.24, 2.45) is 0 Å². The van der Waals surface area contributed by atoms with Crippen molar-refractivity contribution in [3.05, 3.63) is 90.0 Å². The van der Waals surface area contributed by atoms with Gasteiger partial charge in [-0.05, 0) is 53.5 Å². The molecule has 4 heteroatoms. The molecule has 0 heterocycles. The molecule has 0 aliphatic carbocycles. The van der Waals surface area contributed by atoms with E-state index in [1.807, 2.05) is 61.5 Å². The van der Waals surface area contributed by atoms with Gasteiger partial charge in [0.1, 0.15) is 0 Å². The monoisotopic (exact) mass is 370 g/mol. The van der Waals surface area contributed by atoms with Crippen LogP contribution in [0.3, 0.4) is 0 Å². The van der Waals surface area contributed by atoms with Crippen LogP contribution in [0.25, 0.3) is 17.2 Å². The summed E-state index contributed by atoms with van der Waals surface area (Å²) >= 11 is 0. The Hall–Kier alpha value is -3.66. The number of benzene rings is 3. The van der Waals surface area contributed by atoms with Gasteiger partial charge in [0.25, 0.3) is 0 Å². The Morgan fingerprint density at radius 1 is 0.786 bits per heavy atom. The molecule has 0 atom stereocenters. The summed E-state index contributed by atoms with van der Waals surface area (Å²) in [7, 11) is 0. The van der Waals surface area contributed by atoms with Crippen molar-refractivity contribution in [1.82, 2.24) is 0 Å². The van der Waals surface area contributed by atoms with Crippen LogP contribution in [0, 0.1) is 6.92 Å². The van der Waals surface area contributed by atoms with Crippen LogP contribution in [0.5, 0.6) is 0 Å². The molecule has 2 amide bonds. The maximum absolute atomic E-state index is 12.4. The zero-order chi connectivity index (χ0) is 19.9. The zero-order valence-electron chi connectivity index (χ0n) is 15.9. The topological polar surface area (TPSA) is 58.2 Å². The number of aryl methyl sites for hydroxylation is 1. The first-order valence-corrected chi connectivity index (χ1v) is 9.04. The molecule has 0 bridgehead atoms. The van der Waals surface area contributed by atoms with Gasteiger partial charge in [0, 0.05) is 13.0 Å². The lowest BCUT2D eigenvalue weighted by Crippen LogP contribution is -2.13. The third-order valence-electron chi connectivity index (χ3n) is 4.16. The fourth-order valence-corrected chi connectivity index (χ4v) is 2.86. The first-order chi connectivity index (χ1) is 13.5.